The zero-order chi connectivity index (χ0) is 14.5. The molecule has 0 saturated heterocycles. The van der Waals surface area contributed by atoms with Gasteiger partial charge in [-0.15, -0.1) is 0 Å². The Kier molecular flexibility index (Phi) is 4.25. The molecule has 0 spiro atoms. The zero-order valence-corrected chi connectivity index (χ0v) is 12.4. The lowest BCUT2D eigenvalue weighted by atomic mass is 10.3. The normalized spacial score (nSPS) is 14.6. The highest BCUT2D eigenvalue weighted by Crippen LogP contribution is 2.32. The third kappa shape index (κ3) is 3.66. The molecule has 1 aromatic heterocycles. The molecular formula is C15H17N3O2S. The number of nitrogens with two attached hydrogens (primary N) is 1. The molecule has 1 aromatic carbocycles. The first-order chi connectivity index (χ1) is 10.3. The van der Waals surface area contributed by atoms with Gasteiger partial charge in [0.2, 0.25) is 0 Å². The van der Waals surface area contributed by atoms with Crippen LogP contribution >= 0.6 is 11.3 Å². The summed E-state index contributed by atoms with van der Waals surface area (Å²) < 4.78 is 11.2. The van der Waals surface area contributed by atoms with Crippen molar-refractivity contribution in [3.8, 4) is 11.5 Å². The first-order valence-electron chi connectivity index (χ1n) is 6.79. The molecule has 1 aliphatic rings. The molecule has 2 aromatic rings. The van der Waals surface area contributed by atoms with E-state index in [1.165, 1.54) is 0 Å². The summed E-state index contributed by atoms with van der Waals surface area (Å²) in [5, 5.41) is 7.16. The summed E-state index contributed by atoms with van der Waals surface area (Å²) in [5.74, 6) is 1.89. The van der Waals surface area contributed by atoms with E-state index in [1.807, 2.05) is 29.6 Å². The van der Waals surface area contributed by atoms with E-state index in [0.29, 0.717) is 25.7 Å². The SMILES string of the molecule is NC(=NCc1ccsc1)Nc1ccc2c(c1)OCCCO2. The van der Waals surface area contributed by atoms with Gasteiger partial charge in [0.1, 0.15) is 0 Å². The van der Waals surface area contributed by atoms with Crippen LogP contribution in [0.15, 0.2) is 40.0 Å². The standard InChI is InChI=1S/C15H17N3O2S/c16-15(17-9-11-4-7-21-10-11)18-12-2-3-13-14(8-12)20-6-1-5-19-13/h2-4,7-8,10H,1,5-6,9H2,(H3,16,17,18). The molecule has 0 bridgehead atoms. The average molecular weight is 303 g/mol. The minimum Gasteiger partial charge on any atom is -0.490 e. The summed E-state index contributed by atoms with van der Waals surface area (Å²) in [6.45, 7) is 1.93. The van der Waals surface area contributed by atoms with Gasteiger partial charge in [0.15, 0.2) is 17.5 Å². The molecule has 0 fully saturated rings. The number of fused-ring (bicyclic) bond motifs is 1. The number of guanidine groups is 1. The van der Waals surface area contributed by atoms with Crippen LogP contribution in [0, 0.1) is 0 Å². The lowest BCUT2D eigenvalue weighted by Crippen LogP contribution is -2.22. The van der Waals surface area contributed by atoms with E-state index in [9.17, 15) is 0 Å². The van der Waals surface area contributed by atoms with E-state index in [2.05, 4.69) is 15.7 Å². The number of benzene rings is 1. The highest BCUT2D eigenvalue weighted by atomic mass is 32.1. The Bertz CT molecular complexity index is 626. The van der Waals surface area contributed by atoms with Crippen molar-refractivity contribution in [3.05, 3.63) is 40.6 Å². The number of hydrogen-bond acceptors (Lipinski definition) is 4. The van der Waals surface area contributed by atoms with Crippen molar-refractivity contribution < 1.29 is 9.47 Å². The maximum absolute atomic E-state index is 5.90. The smallest absolute Gasteiger partial charge is 0.193 e. The number of aliphatic imine (C=N–C) groups is 1. The van der Waals surface area contributed by atoms with E-state index in [4.69, 9.17) is 15.2 Å². The number of ether oxygens (including phenoxy) is 2. The van der Waals surface area contributed by atoms with Crippen LogP contribution in [0.25, 0.3) is 0 Å². The highest BCUT2D eigenvalue weighted by molar-refractivity contribution is 7.07. The quantitative estimate of drug-likeness (QED) is 0.676. The molecule has 2 heterocycles. The molecule has 1 aliphatic heterocycles. The summed E-state index contributed by atoms with van der Waals surface area (Å²) in [4.78, 5) is 4.31. The molecule has 21 heavy (non-hydrogen) atoms. The van der Waals surface area contributed by atoms with Gasteiger partial charge >= 0.3 is 0 Å². The van der Waals surface area contributed by atoms with Gasteiger partial charge in [0, 0.05) is 18.2 Å². The zero-order valence-electron chi connectivity index (χ0n) is 11.5. The first kappa shape index (κ1) is 13.8. The number of thiophene rings is 1. The maximum Gasteiger partial charge on any atom is 0.193 e. The number of anilines is 1. The van der Waals surface area contributed by atoms with Crippen molar-refractivity contribution in [1.29, 1.82) is 0 Å². The first-order valence-corrected chi connectivity index (χ1v) is 7.73. The van der Waals surface area contributed by atoms with Crippen LogP contribution in [0.5, 0.6) is 11.5 Å². The van der Waals surface area contributed by atoms with Gasteiger partial charge < -0.3 is 20.5 Å². The number of nitrogens with one attached hydrogen (secondary N) is 1. The van der Waals surface area contributed by atoms with E-state index in [0.717, 1.165) is 29.2 Å². The molecule has 3 rings (SSSR count). The van der Waals surface area contributed by atoms with Crippen molar-refractivity contribution in [2.45, 2.75) is 13.0 Å². The van der Waals surface area contributed by atoms with Gasteiger partial charge in [-0.1, -0.05) is 0 Å². The van der Waals surface area contributed by atoms with E-state index >= 15 is 0 Å². The highest BCUT2D eigenvalue weighted by Gasteiger charge is 2.10. The second kappa shape index (κ2) is 6.49. The Labute approximate surface area is 127 Å². The second-order valence-electron chi connectivity index (χ2n) is 4.67. The van der Waals surface area contributed by atoms with Crippen LogP contribution in [0.4, 0.5) is 5.69 Å². The third-order valence-corrected chi connectivity index (χ3v) is 3.76. The fourth-order valence-electron chi connectivity index (χ4n) is 1.99. The molecule has 110 valence electrons. The molecule has 0 saturated carbocycles. The molecule has 0 unspecified atom stereocenters. The molecular weight excluding hydrogens is 286 g/mol. The number of rotatable bonds is 3. The number of nitrogens with zero attached hydrogens (tertiary/aromatic N) is 1. The van der Waals surface area contributed by atoms with Crippen LogP contribution in [0.2, 0.25) is 0 Å². The lowest BCUT2D eigenvalue weighted by molar-refractivity contribution is 0.297. The van der Waals surface area contributed by atoms with Crippen molar-refractivity contribution in [2.24, 2.45) is 10.7 Å². The van der Waals surface area contributed by atoms with Gasteiger partial charge in [-0.05, 0) is 34.5 Å². The Morgan fingerprint density at radius 1 is 1.24 bits per heavy atom. The average Bonchev–Trinajstić information content (AvgIpc) is 2.90. The fourth-order valence-corrected chi connectivity index (χ4v) is 2.65. The summed E-state index contributed by atoms with van der Waals surface area (Å²) in [6.07, 6.45) is 0.891. The molecule has 6 heteroatoms. The molecule has 5 nitrogen and oxygen atoms in total. The predicted molar refractivity (Wildman–Crippen MR) is 85.3 cm³/mol. The molecule has 0 atom stereocenters. The van der Waals surface area contributed by atoms with Crippen molar-refractivity contribution in [1.82, 2.24) is 0 Å². The van der Waals surface area contributed by atoms with Gasteiger partial charge in [0.25, 0.3) is 0 Å². The van der Waals surface area contributed by atoms with Gasteiger partial charge in [0.05, 0.1) is 19.8 Å². The van der Waals surface area contributed by atoms with Crippen LogP contribution in [0.1, 0.15) is 12.0 Å². The molecule has 0 radical (unpaired) electrons. The van der Waals surface area contributed by atoms with E-state index in [-0.39, 0.29) is 0 Å². The lowest BCUT2D eigenvalue weighted by Gasteiger charge is -2.10. The van der Waals surface area contributed by atoms with Crippen molar-refractivity contribution >= 4 is 23.0 Å². The van der Waals surface area contributed by atoms with Gasteiger partial charge in [-0.25, -0.2) is 4.99 Å². The largest absolute Gasteiger partial charge is 0.490 e. The predicted octanol–water partition coefficient (Wildman–Crippen LogP) is 2.84. The monoisotopic (exact) mass is 303 g/mol. The van der Waals surface area contributed by atoms with Gasteiger partial charge in [-0.2, -0.15) is 11.3 Å². The molecule has 3 N–H and O–H groups in total. The minimum atomic E-state index is 0.385. The summed E-state index contributed by atoms with van der Waals surface area (Å²) in [6, 6.07) is 7.71. The molecule has 0 aliphatic carbocycles. The fraction of sp³-hybridized carbons (Fsp3) is 0.267. The van der Waals surface area contributed by atoms with Gasteiger partial charge in [-0.3, -0.25) is 0 Å². The Morgan fingerprint density at radius 3 is 2.90 bits per heavy atom. The summed E-state index contributed by atoms with van der Waals surface area (Å²) >= 11 is 1.65. The second-order valence-corrected chi connectivity index (χ2v) is 5.45. The van der Waals surface area contributed by atoms with Crippen LogP contribution in [-0.2, 0) is 6.54 Å². The van der Waals surface area contributed by atoms with Crippen LogP contribution < -0.4 is 20.5 Å². The minimum absolute atomic E-state index is 0.385. The Morgan fingerprint density at radius 2 is 2.10 bits per heavy atom. The maximum atomic E-state index is 5.90. The van der Waals surface area contributed by atoms with Crippen LogP contribution in [-0.4, -0.2) is 19.2 Å². The number of hydrogen-bond donors (Lipinski definition) is 2. The van der Waals surface area contributed by atoms with Crippen molar-refractivity contribution in [3.63, 3.8) is 0 Å². The van der Waals surface area contributed by atoms with Crippen LogP contribution in [0.3, 0.4) is 0 Å². The Balaban J connectivity index is 1.67. The van der Waals surface area contributed by atoms with E-state index in [1.54, 1.807) is 11.3 Å². The summed E-state index contributed by atoms with van der Waals surface area (Å²) in [5.41, 5.74) is 7.89. The summed E-state index contributed by atoms with van der Waals surface area (Å²) in [7, 11) is 0. The Hall–Kier alpha value is -2.21. The van der Waals surface area contributed by atoms with Crippen molar-refractivity contribution in [2.75, 3.05) is 18.5 Å². The van der Waals surface area contributed by atoms with E-state index < -0.39 is 0 Å². The topological polar surface area (TPSA) is 68.9 Å². The molecule has 0 amide bonds. The third-order valence-electron chi connectivity index (χ3n) is 3.03.